The van der Waals surface area contributed by atoms with Crippen LogP contribution in [0.4, 0.5) is 0 Å². The lowest BCUT2D eigenvalue weighted by Gasteiger charge is -2.03. The van der Waals surface area contributed by atoms with Crippen LogP contribution in [0.2, 0.25) is 0 Å². The summed E-state index contributed by atoms with van der Waals surface area (Å²) >= 11 is 1.63. The lowest BCUT2D eigenvalue weighted by Crippen LogP contribution is -1.79. The SMILES string of the molecule is C=CSc1cc(C)ccc1C=C. The van der Waals surface area contributed by atoms with E-state index in [4.69, 9.17) is 0 Å². The second-order valence-electron chi connectivity index (χ2n) is 2.53. The van der Waals surface area contributed by atoms with Crippen molar-refractivity contribution in [2.24, 2.45) is 0 Å². The molecule has 0 N–H and O–H groups in total. The van der Waals surface area contributed by atoms with Crippen LogP contribution in [0.3, 0.4) is 0 Å². The van der Waals surface area contributed by atoms with Gasteiger partial charge in [0.05, 0.1) is 0 Å². The number of rotatable bonds is 3. The minimum Gasteiger partial charge on any atom is -0.0984 e. The van der Waals surface area contributed by atoms with Gasteiger partial charge in [-0.3, -0.25) is 0 Å². The lowest BCUT2D eigenvalue weighted by molar-refractivity contribution is 1.34. The molecule has 1 heteroatoms. The van der Waals surface area contributed by atoms with E-state index in [9.17, 15) is 0 Å². The van der Waals surface area contributed by atoms with Crippen molar-refractivity contribution in [2.45, 2.75) is 11.8 Å². The number of hydrogen-bond acceptors (Lipinski definition) is 1. The highest BCUT2D eigenvalue weighted by molar-refractivity contribution is 8.02. The molecule has 0 radical (unpaired) electrons. The summed E-state index contributed by atoms with van der Waals surface area (Å²) in [5.74, 6) is 0. The molecule has 0 bridgehead atoms. The molecule has 1 aromatic rings. The largest absolute Gasteiger partial charge is 0.0984 e. The van der Waals surface area contributed by atoms with Gasteiger partial charge in [0.25, 0.3) is 0 Å². The van der Waals surface area contributed by atoms with Gasteiger partial charge < -0.3 is 0 Å². The molecule has 62 valence electrons. The Morgan fingerprint density at radius 2 is 2.08 bits per heavy atom. The van der Waals surface area contributed by atoms with E-state index in [0.29, 0.717) is 0 Å². The molecule has 0 heterocycles. The standard InChI is InChI=1S/C11H12S/c1-4-10-7-6-9(3)8-11(10)12-5-2/h4-8H,1-2H2,3H3. The van der Waals surface area contributed by atoms with E-state index in [1.54, 1.807) is 11.8 Å². The van der Waals surface area contributed by atoms with E-state index < -0.39 is 0 Å². The van der Waals surface area contributed by atoms with Crippen molar-refractivity contribution in [3.05, 3.63) is 47.9 Å². The summed E-state index contributed by atoms with van der Waals surface area (Å²) in [6.07, 6.45) is 1.87. The summed E-state index contributed by atoms with van der Waals surface area (Å²) in [7, 11) is 0. The second-order valence-corrected chi connectivity index (χ2v) is 3.54. The Morgan fingerprint density at radius 3 is 2.67 bits per heavy atom. The predicted molar refractivity (Wildman–Crippen MR) is 57.3 cm³/mol. The van der Waals surface area contributed by atoms with Gasteiger partial charge in [0.2, 0.25) is 0 Å². The molecule has 0 saturated carbocycles. The Morgan fingerprint density at radius 1 is 1.33 bits per heavy atom. The average molecular weight is 176 g/mol. The maximum Gasteiger partial charge on any atom is 0.0190 e. The van der Waals surface area contributed by atoms with Gasteiger partial charge in [-0.05, 0) is 29.5 Å². The van der Waals surface area contributed by atoms with Crippen molar-refractivity contribution < 1.29 is 0 Å². The van der Waals surface area contributed by atoms with Crippen LogP contribution in [-0.2, 0) is 0 Å². The van der Waals surface area contributed by atoms with E-state index in [0.717, 1.165) is 0 Å². The third-order valence-corrected chi connectivity index (χ3v) is 2.37. The molecule has 12 heavy (non-hydrogen) atoms. The topological polar surface area (TPSA) is 0 Å². The summed E-state index contributed by atoms with van der Waals surface area (Å²) in [6, 6.07) is 6.31. The Hall–Kier alpha value is -0.950. The van der Waals surface area contributed by atoms with Gasteiger partial charge in [0, 0.05) is 4.90 Å². The summed E-state index contributed by atoms with van der Waals surface area (Å²) < 4.78 is 0. The van der Waals surface area contributed by atoms with E-state index in [1.165, 1.54) is 16.0 Å². The van der Waals surface area contributed by atoms with E-state index in [-0.39, 0.29) is 0 Å². The molecule has 0 fully saturated rings. The number of hydrogen-bond donors (Lipinski definition) is 0. The highest BCUT2D eigenvalue weighted by Gasteiger charge is 1.97. The Bertz CT molecular complexity index is 300. The number of benzene rings is 1. The van der Waals surface area contributed by atoms with Crippen LogP contribution >= 0.6 is 11.8 Å². The normalized spacial score (nSPS) is 9.42. The molecular weight excluding hydrogens is 164 g/mol. The first-order valence-electron chi connectivity index (χ1n) is 3.78. The minimum absolute atomic E-state index is 1.17. The molecule has 0 unspecified atom stereocenters. The van der Waals surface area contributed by atoms with Crippen molar-refractivity contribution in [3.8, 4) is 0 Å². The van der Waals surface area contributed by atoms with Gasteiger partial charge in [-0.25, -0.2) is 0 Å². The third-order valence-electron chi connectivity index (χ3n) is 1.60. The zero-order valence-electron chi connectivity index (χ0n) is 7.21. The molecule has 0 spiro atoms. The van der Waals surface area contributed by atoms with Gasteiger partial charge in [0.15, 0.2) is 0 Å². The summed E-state index contributed by atoms with van der Waals surface area (Å²) in [5, 5.41) is 1.84. The fraction of sp³-hybridized carbons (Fsp3) is 0.0909. The average Bonchev–Trinajstić information content (AvgIpc) is 2.05. The summed E-state index contributed by atoms with van der Waals surface area (Å²) in [5.41, 5.74) is 2.44. The van der Waals surface area contributed by atoms with E-state index in [2.05, 4.69) is 38.3 Å². The fourth-order valence-electron chi connectivity index (χ4n) is 1.00. The second kappa shape index (κ2) is 4.17. The first-order chi connectivity index (χ1) is 5.77. The maximum absolute atomic E-state index is 3.76. The van der Waals surface area contributed by atoms with Crippen LogP contribution in [-0.4, -0.2) is 0 Å². The minimum atomic E-state index is 1.17. The molecule has 0 aliphatic rings. The van der Waals surface area contributed by atoms with Crippen molar-refractivity contribution >= 4 is 17.8 Å². The zero-order chi connectivity index (χ0) is 8.97. The maximum atomic E-state index is 3.76. The molecule has 1 rings (SSSR count). The lowest BCUT2D eigenvalue weighted by atomic mass is 10.1. The van der Waals surface area contributed by atoms with Crippen LogP contribution in [0.1, 0.15) is 11.1 Å². The Kier molecular flexibility index (Phi) is 3.18. The van der Waals surface area contributed by atoms with Crippen molar-refractivity contribution in [3.63, 3.8) is 0 Å². The molecule has 0 saturated heterocycles. The molecule has 1 aromatic carbocycles. The van der Waals surface area contributed by atoms with Crippen LogP contribution in [0.5, 0.6) is 0 Å². The summed E-state index contributed by atoms with van der Waals surface area (Å²) in [6.45, 7) is 9.53. The Balaban J connectivity index is 3.11. The Labute approximate surface area is 78.0 Å². The first-order valence-corrected chi connectivity index (χ1v) is 4.66. The van der Waals surface area contributed by atoms with Crippen LogP contribution in [0.15, 0.2) is 41.7 Å². The number of aryl methyl sites for hydroxylation is 1. The molecule has 0 atom stereocenters. The van der Waals surface area contributed by atoms with Crippen LogP contribution < -0.4 is 0 Å². The molecule has 0 nitrogen and oxygen atoms in total. The predicted octanol–water partition coefficient (Wildman–Crippen LogP) is 3.87. The van der Waals surface area contributed by atoms with Gasteiger partial charge in [0.1, 0.15) is 0 Å². The van der Waals surface area contributed by atoms with Crippen LogP contribution in [0.25, 0.3) is 6.08 Å². The monoisotopic (exact) mass is 176 g/mol. The zero-order valence-corrected chi connectivity index (χ0v) is 8.03. The number of thioether (sulfide) groups is 1. The first kappa shape index (κ1) is 9.14. The smallest absolute Gasteiger partial charge is 0.0190 e. The van der Waals surface area contributed by atoms with Gasteiger partial charge in [-0.1, -0.05) is 43.1 Å². The quantitative estimate of drug-likeness (QED) is 0.630. The van der Waals surface area contributed by atoms with E-state index >= 15 is 0 Å². The molecule has 0 amide bonds. The molecular formula is C11H12S. The van der Waals surface area contributed by atoms with Gasteiger partial charge >= 0.3 is 0 Å². The fourth-order valence-corrected chi connectivity index (χ4v) is 1.72. The van der Waals surface area contributed by atoms with Crippen molar-refractivity contribution in [1.29, 1.82) is 0 Å². The molecule has 0 aliphatic heterocycles. The highest BCUT2D eigenvalue weighted by atomic mass is 32.2. The van der Waals surface area contributed by atoms with Crippen LogP contribution in [0, 0.1) is 6.92 Å². The highest BCUT2D eigenvalue weighted by Crippen LogP contribution is 2.25. The van der Waals surface area contributed by atoms with E-state index in [1.807, 2.05) is 11.5 Å². The van der Waals surface area contributed by atoms with Gasteiger partial charge in [-0.2, -0.15) is 0 Å². The molecule has 0 aliphatic carbocycles. The summed E-state index contributed by atoms with van der Waals surface area (Å²) in [4.78, 5) is 1.22. The van der Waals surface area contributed by atoms with Gasteiger partial charge in [-0.15, -0.1) is 0 Å². The molecule has 0 aromatic heterocycles. The third kappa shape index (κ3) is 2.02. The van der Waals surface area contributed by atoms with Crippen molar-refractivity contribution in [2.75, 3.05) is 0 Å². The van der Waals surface area contributed by atoms with Crippen molar-refractivity contribution in [1.82, 2.24) is 0 Å².